The number of nitrogens with zero attached hydrogens (tertiary/aromatic N) is 2. The molecule has 6 nitrogen and oxygen atoms in total. The van der Waals surface area contributed by atoms with E-state index in [1.54, 1.807) is 0 Å². The molecule has 0 aliphatic heterocycles. The summed E-state index contributed by atoms with van der Waals surface area (Å²) in [5.41, 5.74) is 6.52. The largest absolute Gasteiger partial charge is 0.368 e. The maximum atomic E-state index is 12.0. The van der Waals surface area contributed by atoms with Gasteiger partial charge in [0.2, 0.25) is 17.0 Å². The Kier molecular flexibility index (Phi) is 4.47. The highest BCUT2D eigenvalue weighted by atomic mass is 32.2. The highest BCUT2D eigenvalue weighted by molar-refractivity contribution is 7.99. The summed E-state index contributed by atoms with van der Waals surface area (Å²) in [5, 5.41) is 12.2. The third kappa shape index (κ3) is 3.81. The first kappa shape index (κ1) is 15.4. The van der Waals surface area contributed by atoms with Crippen LogP contribution in [0, 0.1) is 0 Å². The van der Waals surface area contributed by atoms with E-state index >= 15 is 0 Å². The van der Waals surface area contributed by atoms with Crippen LogP contribution < -0.4 is 11.1 Å². The number of carbonyl (C=O) groups is 1. The Hall–Kier alpha value is -2.54. The molecule has 23 heavy (non-hydrogen) atoms. The molecule has 1 atom stereocenters. The maximum absolute atomic E-state index is 12.0. The first-order valence-electron chi connectivity index (χ1n) is 7.20. The van der Waals surface area contributed by atoms with Crippen LogP contribution in [-0.2, 0) is 4.79 Å². The van der Waals surface area contributed by atoms with E-state index in [0.29, 0.717) is 5.16 Å². The van der Waals surface area contributed by atoms with Crippen molar-refractivity contribution in [1.82, 2.24) is 20.5 Å². The van der Waals surface area contributed by atoms with Crippen LogP contribution in [0.1, 0.15) is 18.5 Å². The van der Waals surface area contributed by atoms with Gasteiger partial charge in [-0.05, 0) is 29.3 Å². The lowest BCUT2D eigenvalue weighted by Crippen LogP contribution is -2.28. The number of benzene rings is 2. The van der Waals surface area contributed by atoms with E-state index < -0.39 is 0 Å². The van der Waals surface area contributed by atoms with Crippen molar-refractivity contribution >= 4 is 34.4 Å². The number of aromatic nitrogens is 3. The van der Waals surface area contributed by atoms with Gasteiger partial charge in [-0.1, -0.05) is 48.2 Å². The summed E-state index contributed by atoms with van der Waals surface area (Å²) in [7, 11) is 0. The monoisotopic (exact) mass is 327 g/mol. The van der Waals surface area contributed by atoms with Crippen LogP contribution in [0.25, 0.3) is 10.8 Å². The van der Waals surface area contributed by atoms with Crippen molar-refractivity contribution < 1.29 is 4.79 Å². The Morgan fingerprint density at radius 3 is 2.83 bits per heavy atom. The molecular weight excluding hydrogens is 310 g/mol. The Balaban J connectivity index is 1.60. The van der Waals surface area contributed by atoms with E-state index in [0.717, 1.165) is 10.9 Å². The van der Waals surface area contributed by atoms with Crippen LogP contribution in [0.3, 0.4) is 0 Å². The minimum atomic E-state index is -0.0703. The molecule has 118 valence electrons. The Morgan fingerprint density at radius 1 is 1.30 bits per heavy atom. The van der Waals surface area contributed by atoms with Crippen molar-refractivity contribution in [2.24, 2.45) is 0 Å². The number of amides is 1. The molecular formula is C16H17N5OS. The van der Waals surface area contributed by atoms with Crippen molar-refractivity contribution in [3.8, 4) is 0 Å². The lowest BCUT2D eigenvalue weighted by Gasteiger charge is -2.14. The normalized spacial score (nSPS) is 12.2. The molecule has 2 aromatic carbocycles. The third-order valence-corrected chi connectivity index (χ3v) is 4.31. The average molecular weight is 327 g/mol. The van der Waals surface area contributed by atoms with Crippen LogP contribution in [0.5, 0.6) is 0 Å². The van der Waals surface area contributed by atoms with Gasteiger partial charge >= 0.3 is 0 Å². The van der Waals surface area contributed by atoms with Crippen LogP contribution in [-0.4, -0.2) is 26.8 Å². The van der Waals surface area contributed by atoms with E-state index in [-0.39, 0.29) is 23.7 Å². The molecule has 7 heteroatoms. The number of anilines is 1. The smallest absolute Gasteiger partial charge is 0.230 e. The van der Waals surface area contributed by atoms with E-state index in [1.165, 1.54) is 17.1 Å². The number of fused-ring (bicyclic) bond motifs is 1. The minimum Gasteiger partial charge on any atom is -0.368 e. The SMILES string of the molecule is C[C@H](NC(=O)CSc1n[nH]c(N)n1)c1ccc2ccccc2c1. The number of carbonyl (C=O) groups excluding carboxylic acids is 1. The van der Waals surface area contributed by atoms with E-state index in [4.69, 9.17) is 5.73 Å². The summed E-state index contributed by atoms with van der Waals surface area (Å²) in [6, 6.07) is 14.3. The lowest BCUT2D eigenvalue weighted by molar-refractivity contribution is -0.119. The number of hydrogen-bond acceptors (Lipinski definition) is 5. The zero-order valence-corrected chi connectivity index (χ0v) is 13.4. The number of nitrogen functional groups attached to an aromatic ring is 1. The quantitative estimate of drug-likeness (QED) is 0.626. The predicted octanol–water partition coefficient (Wildman–Crippen LogP) is 2.51. The Labute approximate surface area is 137 Å². The fourth-order valence-corrected chi connectivity index (χ4v) is 2.91. The average Bonchev–Trinajstić information content (AvgIpc) is 2.98. The molecule has 0 bridgehead atoms. The van der Waals surface area contributed by atoms with Crippen molar-refractivity contribution in [2.75, 3.05) is 11.5 Å². The molecule has 0 fully saturated rings. The Morgan fingerprint density at radius 2 is 2.09 bits per heavy atom. The number of nitrogens with one attached hydrogen (secondary N) is 2. The van der Waals surface area contributed by atoms with Crippen molar-refractivity contribution in [2.45, 2.75) is 18.1 Å². The molecule has 3 aromatic rings. The molecule has 4 N–H and O–H groups in total. The highest BCUT2D eigenvalue weighted by Gasteiger charge is 2.11. The van der Waals surface area contributed by atoms with E-state index in [1.807, 2.05) is 25.1 Å². The zero-order valence-electron chi connectivity index (χ0n) is 12.6. The lowest BCUT2D eigenvalue weighted by atomic mass is 10.0. The molecule has 0 aliphatic rings. The molecule has 1 heterocycles. The van der Waals surface area contributed by atoms with Gasteiger partial charge in [0.15, 0.2) is 0 Å². The van der Waals surface area contributed by atoms with Gasteiger partial charge in [0, 0.05) is 0 Å². The second-order valence-electron chi connectivity index (χ2n) is 5.19. The van der Waals surface area contributed by atoms with Crippen molar-refractivity contribution in [3.05, 3.63) is 48.0 Å². The number of aromatic amines is 1. The summed E-state index contributed by atoms with van der Waals surface area (Å²) in [5.74, 6) is 0.423. The number of rotatable bonds is 5. The summed E-state index contributed by atoms with van der Waals surface area (Å²) < 4.78 is 0. The summed E-state index contributed by atoms with van der Waals surface area (Å²) in [4.78, 5) is 16.0. The summed E-state index contributed by atoms with van der Waals surface area (Å²) >= 11 is 1.24. The molecule has 0 aliphatic carbocycles. The molecule has 1 amide bonds. The van der Waals surface area contributed by atoms with Gasteiger partial charge in [0.05, 0.1) is 11.8 Å². The van der Waals surface area contributed by atoms with Crippen molar-refractivity contribution in [3.63, 3.8) is 0 Å². The van der Waals surface area contributed by atoms with Gasteiger partial charge in [-0.2, -0.15) is 4.98 Å². The van der Waals surface area contributed by atoms with E-state index in [9.17, 15) is 4.79 Å². The van der Waals surface area contributed by atoms with Gasteiger partial charge in [-0.3, -0.25) is 4.79 Å². The second-order valence-corrected chi connectivity index (χ2v) is 6.13. The fourth-order valence-electron chi connectivity index (χ4n) is 2.30. The molecule has 0 spiro atoms. The number of H-pyrrole nitrogens is 1. The molecule has 1 aromatic heterocycles. The highest BCUT2D eigenvalue weighted by Crippen LogP contribution is 2.20. The van der Waals surface area contributed by atoms with Gasteiger partial charge in [0.1, 0.15) is 0 Å². The molecule has 0 saturated carbocycles. The zero-order chi connectivity index (χ0) is 16.2. The molecule has 0 unspecified atom stereocenters. The van der Waals surface area contributed by atoms with Gasteiger partial charge < -0.3 is 11.1 Å². The first-order chi connectivity index (χ1) is 11.1. The predicted molar refractivity (Wildman–Crippen MR) is 92.0 cm³/mol. The van der Waals surface area contributed by atoms with Crippen LogP contribution >= 0.6 is 11.8 Å². The maximum Gasteiger partial charge on any atom is 0.230 e. The number of hydrogen-bond donors (Lipinski definition) is 3. The third-order valence-electron chi connectivity index (χ3n) is 3.47. The number of thioether (sulfide) groups is 1. The first-order valence-corrected chi connectivity index (χ1v) is 8.19. The van der Waals surface area contributed by atoms with Crippen LogP contribution in [0.2, 0.25) is 0 Å². The van der Waals surface area contributed by atoms with Crippen LogP contribution in [0.15, 0.2) is 47.6 Å². The molecule has 0 saturated heterocycles. The van der Waals surface area contributed by atoms with Gasteiger partial charge in [0.25, 0.3) is 0 Å². The van der Waals surface area contributed by atoms with Gasteiger partial charge in [-0.25, -0.2) is 5.10 Å². The van der Waals surface area contributed by atoms with Gasteiger partial charge in [-0.15, -0.1) is 5.10 Å². The van der Waals surface area contributed by atoms with Crippen LogP contribution in [0.4, 0.5) is 5.95 Å². The molecule has 3 rings (SSSR count). The standard InChI is InChI=1S/C16H17N5OS/c1-10(12-7-6-11-4-2-3-5-13(11)8-12)18-14(22)9-23-16-19-15(17)20-21-16/h2-8,10H,9H2,1H3,(H,18,22)(H3,17,19,20,21)/t10-/m0/s1. The fraction of sp³-hybridized carbons (Fsp3) is 0.188. The topological polar surface area (TPSA) is 96.7 Å². The van der Waals surface area contributed by atoms with Crippen molar-refractivity contribution in [1.29, 1.82) is 0 Å². The minimum absolute atomic E-state index is 0.0649. The summed E-state index contributed by atoms with van der Waals surface area (Å²) in [6.07, 6.45) is 0. The molecule has 0 radical (unpaired) electrons. The van der Waals surface area contributed by atoms with E-state index in [2.05, 4.69) is 44.8 Å². The number of nitrogens with two attached hydrogens (primary N) is 1. The summed E-state index contributed by atoms with van der Waals surface area (Å²) in [6.45, 7) is 1.97. The Bertz CT molecular complexity index is 832. The second kappa shape index (κ2) is 6.70.